The molecule has 0 bridgehead atoms. The molecule has 0 heterocycles. The van der Waals surface area contributed by atoms with E-state index < -0.39 is 8.07 Å². The minimum Gasteiger partial charge on any atom is -0.130 e. The van der Waals surface area contributed by atoms with Gasteiger partial charge in [0.1, 0.15) is 8.07 Å². The van der Waals surface area contributed by atoms with E-state index in [1.54, 1.807) is 0 Å². The van der Waals surface area contributed by atoms with E-state index in [9.17, 15) is 0 Å². The number of hydrogen-bond donors (Lipinski definition) is 0. The van der Waals surface area contributed by atoms with Crippen molar-refractivity contribution in [2.75, 3.05) is 0 Å². The fourth-order valence-corrected chi connectivity index (χ4v) is 3.24. The standard InChI is InChI=1S/C27H28Si/c1-7-25(16-17-25)12-8-9-13-26(18-19-26)14-10-11-15-27(20-21-27)22-23-28(5,6)24(2,3)4/h1H,16-21H2,2-6H3. The molecule has 3 saturated carbocycles. The third-order valence-electron chi connectivity index (χ3n) is 6.35. The summed E-state index contributed by atoms with van der Waals surface area (Å²) in [4.78, 5) is 0. The van der Waals surface area contributed by atoms with Crippen molar-refractivity contribution in [2.24, 2.45) is 16.2 Å². The summed E-state index contributed by atoms with van der Waals surface area (Å²) in [6.07, 6.45) is 11.6. The molecule has 0 aromatic heterocycles. The molecule has 3 rings (SSSR count). The van der Waals surface area contributed by atoms with Crippen molar-refractivity contribution in [1.82, 2.24) is 0 Å². The second kappa shape index (κ2) is 6.88. The summed E-state index contributed by atoms with van der Waals surface area (Å²) in [6.45, 7) is 11.6. The van der Waals surface area contributed by atoms with E-state index in [1.165, 1.54) is 0 Å². The molecule has 0 saturated heterocycles. The van der Waals surface area contributed by atoms with E-state index in [0.29, 0.717) is 0 Å². The van der Waals surface area contributed by atoms with Gasteiger partial charge >= 0.3 is 0 Å². The quantitative estimate of drug-likeness (QED) is 0.409. The zero-order valence-corrected chi connectivity index (χ0v) is 18.8. The molecule has 0 N–H and O–H groups in total. The first-order chi connectivity index (χ1) is 13.1. The monoisotopic (exact) mass is 380 g/mol. The van der Waals surface area contributed by atoms with Crippen molar-refractivity contribution in [3.05, 3.63) is 0 Å². The van der Waals surface area contributed by atoms with Gasteiger partial charge in [-0.1, -0.05) is 69.4 Å². The van der Waals surface area contributed by atoms with E-state index in [0.717, 1.165) is 38.5 Å². The SMILES string of the molecule is C#CC1(C#CC#CC2(C#CC#CC3(C#C[Si](C)(C)C(C)(C)C)CC3)CC2)CC1. The summed E-state index contributed by atoms with van der Waals surface area (Å²) >= 11 is 0. The summed E-state index contributed by atoms with van der Waals surface area (Å²) in [5, 5.41) is 0.280. The Bertz CT molecular complexity index is 1010. The Hall–Kier alpha value is -2.42. The van der Waals surface area contributed by atoms with Gasteiger partial charge in [-0.15, -0.1) is 12.0 Å². The molecule has 0 spiro atoms. The van der Waals surface area contributed by atoms with Gasteiger partial charge in [0.05, 0.1) is 16.2 Å². The van der Waals surface area contributed by atoms with Crippen LogP contribution in [0, 0.1) is 87.4 Å². The maximum Gasteiger partial charge on any atom is 0.137 e. The van der Waals surface area contributed by atoms with Gasteiger partial charge in [0.15, 0.2) is 0 Å². The van der Waals surface area contributed by atoms with Gasteiger partial charge in [-0.25, -0.2) is 0 Å². The van der Waals surface area contributed by atoms with Crippen molar-refractivity contribution < 1.29 is 0 Å². The van der Waals surface area contributed by atoms with Crippen LogP contribution in [-0.2, 0) is 0 Å². The van der Waals surface area contributed by atoms with Crippen LogP contribution in [-0.4, -0.2) is 8.07 Å². The van der Waals surface area contributed by atoms with Gasteiger partial charge in [0.2, 0.25) is 0 Å². The van der Waals surface area contributed by atoms with Gasteiger partial charge in [0, 0.05) is 0 Å². The van der Waals surface area contributed by atoms with Crippen LogP contribution in [0.2, 0.25) is 18.1 Å². The largest absolute Gasteiger partial charge is 0.137 e. The highest BCUT2D eigenvalue weighted by Crippen LogP contribution is 2.46. The first kappa shape index (κ1) is 20.3. The zero-order valence-electron chi connectivity index (χ0n) is 17.8. The Morgan fingerprint density at radius 1 is 0.643 bits per heavy atom. The lowest BCUT2D eigenvalue weighted by atomic mass is 10.1. The minimum absolute atomic E-state index is 0.105. The molecule has 140 valence electrons. The molecule has 0 aromatic rings. The smallest absolute Gasteiger partial charge is 0.130 e. The minimum atomic E-state index is -1.58. The fraction of sp³-hybridized carbons (Fsp3) is 0.556. The molecule has 3 aliphatic carbocycles. The summed E-state index contributed by atoms with van der Waals surface area (Å²) in [5.74, 6) is 31.2. The van der Waals surface area contributed by atoms with Crippen molar-refractivity contribution in [3.63, 3.8) is 0 Å². The molecule has 0 atom stereocenters. The van der Waals surface area contributed by atoms with Gasteiger partial charge in [-0.3, -0.25) is 0 Å². The van der Waals surface area contributed by atoms with E-state index in [1.807, 2.05) is 0 Å². The Kier molecular flexibility index (Phi) is 4.99. The van der Waals surface area contributed by atoms with Gasteiger partial charge in [0.25, 0.3) is 0 Å². The number of rotatable bonds is 0. The van der Waals surface area contributed by atoms with Gasteiger partial charge < -0.3 is 0 Å². The first-order valence-electron chi connectivity index (χ1n) is 10.2. The molecular weight excluding hydrogens is 352 g/mol. The van der Waals surface area contributed by atoms with Crippen LogP contribution < -0.4 is 0 Å². The molecule has 3 aliphatic rings. The molecule has 3 fully saturated rings. The lowest BCUT2D eigenvalue weighted by molar-refractivity contribution is 0.730. The Balaban J connectivity index is 1.63. The normalized spacial score (nSPS) is 21.0. The fourth-order valence-electron chi connectivity index (χ4n) is 2.31. The highest BCUT2D eigenvalue weighted by Gasteiger charge is 2.42. The lowest BCUT2D eigenvalue weighted by Gasteiger charge is -2.31. The topological polar surface area (TPSA) is 0 Å². The van der Waals surface area contributed by atoms with Crippen LogP contribution in [0.5, 0.6) is 0 Å². The highest BCUT2D eigenvalue weighted by atomic mass is 28.3. The summed E-state index contributed by atoms with van der Waals surface area (Å²) < 4.78 is 0. The van der Waals surface area contributed by atoms with Crippen LogP contribution in [0.25, 0.3) is 0 Å². The molecule has 0 aliphatic heterocycles. The maximum atomic E-state index is 5.49. The molecule has 1 heteroatoms. The van der Waals surface area contributed by atoms with Gasteiger partial charge in [-0.2, -0.15) is 0 Å². The van der Waals surface area contributed by atoms with Crippen LogP contribution in [0.1, 0.15) is 59.3 Å². The third-order valence-corrected chi connectivity index (χ3v) is 10.8. The second-order valence-corrected chi connectivity index (χ2v) is 15.0. The molecule has 0 aromatic carbocycles. The van der Waals surface area contributed by atoms with E-state index in [-0.39, 0.29) is 21.3 Å². The lowest BCUT2D eigenvalue weighted by Crippen LogP contribution is -2.35. The Labute approximate surface area is 173 Å². The molecule has 28 heavy (non-hydrogen) atoms. The average molecular weight is 381 g/mol. The van der Waals surface area contributed by atoms with E-state index in [2.05, 4.69) is 98.6 Å². The van der Waals surface area contributed by atoms with Gasteiger partial charge in [-0.05, 0) is 67.2 Å². The first-order valence-corrected chi connectivity index (χ1v) is 13.2. The van der Waals surface area contributed by atoms with Crippen molar-refractivity contribution in [2.45, 2.75) is 77.4 Å². The van der Waals surface area contributed by atoms with Crippen molar-refractivity contribution in [1.29, 1.82) is 0 Å². The second-order valence-electron chi connectivity index (χ2n) is 10.0. The zero-order chi connectivity index (χ0) is 20.5. The van der Waals surface area contributed by atoms with Crippen LogP contribution in [0.15, 0.2) is 0 Å². The Morgan fingerprint density at radius 3 is 1.32 bits per heavy atom. The van der Waals surface area contributed by atoms with Crippen LogP contribution >= 0.6 is 0 Å². The molecule has 0 amide bonds. The van der Waals surface area contributed by atoms with Crippen molar-refractivity contribution in [3.8, 4) is 71.2 Å². The molecule has 0 radical (unpaired) electrons. The third kappa shape index (κ3) is 4.89. The summed E-state index contributed by atoms with van der Waals surface area (Å²) in [6, 6.07) is 0. The van der Waals surface area contributed by atoms with Crippen LogP contribution in [0.3, 0.4) is 0 Å². The average Bonchev–Trinajstić information content (AvgIpc) is 3.51. The van der Waals surface area contributed by atoms with E-state index >= 15 is 0 Å². The Morgan fingerprint density at radius 2 is 1.00 bits per heavy atom. The maximum absolute atomic E-state index is 5.49. The predicted octanol–water partition coefficient (Wildman–Crippen LogP) is 5.02. The predicted molar refractivity (Wildman–Crippen MR) is 120 cm³/mol. The van der Waals surface area contributed by atoms with Crippen LogP contribution in [0.4, 0.5) is 0 Å². The molecular formula is C27H28Si. The number of hydrogen-bond acceptors (Lipinski definition) is 0. The van der Waals surface area contributed by atoms with E-state index in [4.69, 9.17) is 6.42 Å². The van der Waals surface area contributed by atoms with Crippen molar-refractivity contribution >= 4 is 8.07 Å². The number of terminal acetylenes is 1. The summed E-state index contributed by atoms with van der Waals surface area (Å²) in [7, 11) is -1.58. The summed E-state index contributed by atoms with van der Waals surface area (Å²) in [5.41, 5.74) is 3.13. The molecule has 0 unspecified atom stereocenters. The molecule has 0 nitrogen and oxygen atoms in total. The highest BCUT2D eigenvalue weighted by molar-refractivity contribution is 6.87.